The first-order chi connectivity index (χ1) is 8.72. The molecule has 0 aliphatic carbocycles. The fourth-order valence-electron chi connectivity index (χ4n) is 1.95. The summed E-state index contributed by atoms with van der Waals surface area (Å²) in [6.45, 7) is 1.17. The van der Waals surface area contributed by atoms with Crippen molar-refractivity contribution < 1.29 is 4.79 Å². The Kier molecular flexibility index (Phi) is 4.33. The van der Waals surface area contributed by atoms with Gasteiger partial charge in [-0.15, -0.1) is 11.3 Å². The molecule has 2 aromatic rings. The van der Waals surface area contributed by atoms with Gasteiger partial charge in [-0.1, -0.05) is 18.2 Å². The third kappa shape index (κ3) is 2.89. The summed E-state index contributed by atoms with van der Waals surface area (Å²) in [6, 6.07) is 8.39. The van der Waals surface area contributed by atoms with E-state index in [1.807, 2.05) is 7.05 Å². The number of carbonyl (C=O) groups excluding carboxylic acids is 1. The molecule has 1 aromatic heterocycles. The normalized spacial score (nSPS) is 10.8. The molecule has 0 aliphatic rings. The summed E-state index contributed by atoms with van der Waals surface area (Å²) in [6.07, 6.45) is 1.33. The minimum absolute atomic E-state index is 0.122. The molecule has 0 spiro atoms. The highest BCUT2D eigenvalue weighted by Crippen LogP contribution is 2.25. The summed E-state index contributed by atoms with van der Waals surface area (Å²) in [5.74, 6) is 0.122. The number of thiophene rings is 1. The van der Waals surface area contributed by atoms with Crippen molar-refractivity contribution in [3.8, 4) is 0 Å². The van der Waals surface area contributed by atoms with Crippen molar-refractivity contribution in [3.05, 3.63) is 35.2 Å². The fourth-order valence-corrected chi connectivity index (χ4v) is 2.95. The third-order valence-corrected chi connectivity index (χ3v) is 4.07. The molecular formula is C14H18N2OS. The molecule has 0 fully saturated rings. The van der Waals surface area contributed by atoms with Gasteiger partial charge in [0.05, 0.1) is 0 Å². The van der Waals surface area contributed by atoms with Crippen LogP contribution in [-0.4, -0.2) is 30.9 Å². The van der Waals surface area contributed by atoms with E-state index < -0.39 is 0 Å². The van der Waals surface area contributed by atoms with Crippen molar-refractivity contribution in [1.29, 1.82) is 0 Å². The predicted molar refractivity (Wildman–Crippen MR) is 76.8 cm³/mol. The fraction of sp³-hybridized carbons (Fsp3) is 0.357. The van der Waals surface area contributed by atoms with E-state index in [2.05, 4.69) is 29.6 Å². The molecule has 96 valence electrons. The second kappa shape index (κ2) is 5.98. The van der Waals surface area contributed by atoms with Gasteiger partial charge < -0.3 is 10.6 Å². The van der Waals surface area contributed by atoms with Crippen LogP contribution >= 0.6 is 11.3 Å². The topological polar surface area (TPSA) is 46.3 Å². The average Bonchev–Trinajstić information content (AvgIpc) is 2.79. The molecule has 1 aromatic carbocycles. The Hall–Kier alpha value is -1.39. The number of benzene rings is 1. The van der Waals surface area contributed by atoms with Crippen LogP contribution in [-0.2, 0) is 11.2 Å². The molecular weight excluding hydrogens is 244 g/mol. The quantitative estimate of drug-likeness (QED) is 0.898. The lowest BCUT2D eigenvalue weighted by Crippen LogP contribution is -2.30. The summed E-state index contributed by atoms with van der Waals surface area (Å²) in [5, 5.41) is 3.49. The van der Waals surface area contributed by atoms with Crippen LogP contribution in [0, 0.1) is 0 Å². The monoisotopic (exact) mass is 262 g/mol. The smallest absolute Gasteiger partial charge is 0.223 e. The van der Waals surface area contributed by atoms with Gasteiger partial charge in [-0.05, 0) is 28.8 Å². The van der Waals surface area contributed by atoms with Crippen LogP contribution in [0.5, 0.6) is 0 Å². The summed E-state index contributed by atoms with van der Waals surface area (Å²) < 4.78 is 1.31. The van der Waals surface area contributed by atoms with Crippen LogP contribution < -0.4 is 5.73 Å². The van der Waals surface area contributed by atoms with E-state index >= 15 is 0 Å². The number of hydrogen-bond acceptors (Lipinski definition) is 3. The average molecular weight is 262 g/mol. The molecule has 3 nitrogen and oxygen atoms in total. The lowest BCUT2D eigenvalue weighted by atomic mass is 10.1. The number of fused-ring (bicyclic) bond motifs is 1. The summed E-state index contributed by atoms with van der Waals surface area (Å²) in [7, 11) is 1.84. The molecule has 0 bridgehead atoms. The van der Waals surface area contributed by atoms with Crippen LogP contribution in [0.2, 0.25) is 0 Å². The minimum atomic E-state index is 0.122. The van der Waals surface area contributed by atoms with Gasteiger partial charge >= 0.3 is 0 Å². The van der Waals surface area contributed by atoms with E-state index in [0.29, 0.717) is 13.0 Å². The van der Waals surface area contributed by atoms with Gasteiger partial charge in [0, 0.05) is 31.3 Å². The molecule has 0 saturated carbocycles. The third-order valence-electron chi connectivity index (χ3n) is 3.06. The lowest BCUT2D eigenvalue weighted by Gasteiger charge is -2.16. The first-order valence-electron chi connectivity index (χ1n) is 6.11. The molecule has 0 unspecified atom stereocenters. The summed E-state index contributed by atoms with van der Waals surface area (Å²) >= 11 is 1.76. The van der Waals surface area contributed by atoms with Crippen molar-refractivity contribution in [3.63, 3.8) is 0 Å². The van der Waals surface area contributed by atoms with Gasteiger partial charge in [0.1, 0.15) is 0 Å². The largest absolute Gasteiger partial charge is 0.345 e. The Morgan fingerprint density at radius 3 is 2.94 bits per heavy atom. The zero-order valence-corrected chi connectivity index (χ0v) is 11.4. The Balaban J connectivity index is 2.00. The number of carbonyl (C=O) groups is 1. The molecule has 0 aliphatic heterocycles. The van der Waals surface area contributed by atoms with Gasteiger partial charge in [-0.3, -0.25) is 4.79 Å². The van der Waals surface area contributed by atoms with Gasteiger partial charge in [0.15, 0.2) is 0 Å². The first-order valence-corrected chi connectivity index (χ1v) is 6.99. The molecule has 2 rings (SSSR count). The first kappa shape index (κ1) is 13.1. The number of nitrogens with two attached hydrogens (primary N) is 1. The number of likely N-dealkylation sites (N-methyl/N-ethyl adjacent to an activating group) is 1. The molecule has 4 heteroatoms. The van der Waals surface area contributed by atoms with Crippen molar-refractivity contribution in [2.24, 2.45) is 5.73 Å². The van der Waals surface area contributed by atoms with Gasteiger partial charge in [0.2, 0.25) is 5.91 Å². The highest BCUT2D eigenvalue weighted by molar-refractivity contribution is 7.17. The predicted octanol–water partition coefficient (Wildman–Crippen LogP) is 2.25. The second-order valence-electron chi connectivity index (χ2n) is 4.36. The van der Waals surface area contributed by atoms with E-state index in [-0.39, 0.29) is 5.91 Å². The van der Waals surface area contributed by atoms with Crippen LogP contribution in [0.1, 0.15) is 12.0 Å². The van der Waals surface area contributed by atoms with E-state index in [1.54, 1.807) is 16.2 Å². The Bertz CT molecular complexity index is 535. The van der Waals surface area contributed by atoms with Crippen molar-refractivity contribution >= 4 is 27.3 Å². The number of nitrogens with zero attached hydrogens (tertiary/aromatic N) is 1. The van der Waals surface area contributed by atoms with E-state index in [9.17, 15) is 4.79 Å². The lowest BCUT2D eigenvalue weighted by molar-refractivity contribution is -0.129. The van der Waals surface area contributed by atoms with Crippen LogP contribution in [0.4, 0.5) is 0 Å². The van der Waals surface area contributed by atoms with Crippen LogP contribution in [0.15, 0.2) is 29.6 Å². The highest BCUT2D eigenvalue weighted by atomic mass is 32.1. The van der Waals surface area contributed by atoms with Crippen molar-refractivity contribution in [2.45, 2.75) is 12.8 Å². The molecule has 0 radical (unpaired) electrons. The van der Waals surface area contributed by atoms with Gasteiger partial charge in [-0.2, -0.15) is 0 Å². The van der Waals surface area contributed by atoms with Crippen molar-refractivity contribution in [1.82, 2.24) is 4.90 Å². The SMILES string of the molecule is CN(CCc1csc2ccccc12)C(=O)CCN. The second-order valence-corrected chi connectivity index (χ2v) is 5.27. The molecule has 1 heterocycles. The number of amides is 1. The zero-order valence-electron chi connectivity index (χ0n) is 10.6. The Labute approximate surface area is 111 Å². The Morgan fingerprint density at radius 1 is 1.39 bits per heavy atom. The molecule has 2 N–H and O–H groups in total. The van der Waals surface area contributed by atoms with Gasteiger partial charge in [0.25, 0.3) is 0 Å². The maximum atomic E-state index is 11.6. The molecule has 0 saturated heterocycles. The van der Waals surface area contributed by atoms with Gasteiger partial charge in [-0.25, -0.2) is 0 Å². The number of hydrogen-bond donors (Lipinski definition) is 1. The number of rotatable bonds is 5. The van der Waals surface area contributed by atoms with Crippen LogP contribution in [0.3, 0.4) is 0 Å². The highest BCUT2D eigenvalue weighted by Gasteiger charge is 2.09. The van der Waals surface area contributed by atoms with E-state index in [1.165, 1.54) is 15.6 Å². The van der Waals surface area contributed by atoms with Crippen molar-refractivity contribution in [2.75, 3.05) is 20.1 Å². The van der Waals surface area contributed by atoms with E-state index in [0.717, 1.165) is 13.0 Å². The standard InChI is InChI=1S/C14H18N2OS/c1-16(14(17)6-8-15)9-7-11-10-18-13-5-3-2-4-12(11)13/h2-5,10H,6-9,15H2,1H3. The summed E-state index contributed by atoms with van der Waals surface area (Å²) in [4.78, 5) is 13.4. The molecule has 1 amide bonds. The Morgan fingerprint density at radius 2 is 2.17 bits per heavy atom. The maximum Gasteiger partial charge on any atom is 0.223 e. The maximum absolute atomic E-state index is 11.6. The van der Waals surface area contributed by atoms with Crippen LogP contribution in [0.25, 0.3) is 10.1 Å². The zero-order chi connectivity index (χ0) is 13.0. The van der Waals surface area contributed by atoms with E-state index in [4.69, 9.17) is 5.73 Å². The minimum Gasteiger partial charge on any atom is -0.345 e. The summed E-state index contributed by atoms with van der Waals surface area (Å²) in [5.41, 5.74) is 6.71. The molecule has 0 atom stereocenters. The molecule has 18 heavy (non-hydrogen) atoms.